The van der Waals surface area contributed by atoms with Crippen LogP contribution in [0.4, 0.5) is 5.69 Å². The van der Waals surface area contributed by atoms with Crippen LogP contribution in [0.5, 0.6) is 0 Å². The Bertz CT molecular complexity index is 631. The molecule has 2 rings (SSSR count). The van der Waals surface area contributed by atoms with Crippen molar-refractivity contribution in [3.05, 3.63) is 47.3 Å². The van der Waals surface area contributed by atoms with Gasteiger partial charge in [0, 0.05) is 0 Å². The van der Waals surface area contributed by atoms with E-state index in [0.29, 0.717) is 12.1 Å². The number of anilines is 1. The van der Waals surface area contributed by atoms with Crippen LogP contribution in [0.2, 0.25) is 0 Å². The minimum absolute atomic E-state index is 0.190. The lowest BCUT2D eigenvalue weighted by Gasteiger charge is -2.15. The van der Waals surface area contributed by atoms with E-state index in [1.807, 2.05) is 44.2 Å². The van der Waals surface area contributed by atoms with Crippen LogP contribution in [-0.4, -0.2) is 21.1 Å². The minimum Gasteiger partial charge on any atom is -0.393 e. The molecule has 2 aromatic rings. The van der Waals surface area contributed by atoms with E-state index in [2.05, 4.69) is 15.5 Å². The average molecular weight is 302 g/mol. The quantitative estimate of drug-likeness (QED) is 0.739. The van der Waals surface area contributed by atoms with Crippen molar-refractivity contribution in [3.8, 4) is 0 Å². The fourth-order valence-electron chi connectivity index (χ4n) is 2.12. The molecule has 0 fully saturated rings. The molecule has 21 heavy (non-hydrogen) atoms. The molecule has 1 aromatic heterocycles. The van der Waals surface area contributed by atoms with Crippen LogP contribution < -0.4 is 11.1 Å². The van der Waals surface area contributed by atoms with Crippen molar-refractivity contribution >= 4 is 28.8 Å². The van der Waals surface area contributed by atoms with Crippen molar-refractivity contribution in [2.24, 2.45) is 11.7 Å². The van der Waals surface area contributed by atoms with Crippen molar-refractivity contribution in [2.75, 3.05) is 5.32 Å². The third kappa shape index (κ3) is 3.66. The Balaban J connectivity index is 2.15. The molecule has 110 valence electrons. The van der Waals surface area contributed by atoms with Gasteiger partial charge in [0.05, 0.1) is 28.0 Å². The number of benzene rings is 1. The third-order valence-corrected chi connectivity index (χ3v) is 3.60. The first-order valence-electron chi connectivity index (χ1n) is 6.64. The first-order chi connectivity index (χ1) is 9.99. The van der Waals surface area contributed by atoms with E-state index in [9.17, 15) is 4.79 Å². The van der Waals surface area contributed by atoms with E-state index >= 15 is 0 Å². The van der Waals surface area contributed by atoms with Crippen LogP contribution >= 0.6 is 12.2 Å². The van der Waals surface area contributed by atoms with E-state index in [0.717, 1.165) is 17.0 Å². The van der Waals surface area contributed by atoms with Crippen molar-refractivity contribution in [1.82, 2.24) is 10.2 Å². The number of nitrogens with one attached hydrogen (secondary N) is 2. The lowest BCUT2D eigenvalue weighted by atomic mass is 9.98. The van der Waals surface area contributed by atoms with Gasteiger partial charge in [0.2, 0.25) is 5.91 Å². The van der Waals surface area contributed by atoms with Gasteiger partial charge in [-0.15, -0.1) is 0 Å². The van der Waals surface area contributed by atoms with Gasteiger partial charge in [-0.1, -0.05) is 42.5 Å². The standard InChI is InChI=1S/C15H18N4OS/c1-9-13(10(2)19-18-9)17-15(20)12(14(16)21)8-11-6-4-3-5-7-11/h3-7,12H,8H2,1-2H3,(H2,16,21)(H,17,20)(H,18,19). The highest BCUT2D eigenvalue weighted by Crippen LogP contribution is 2.18. The predicted molar refractivity (Wildman–Crippen MR) is 87.1 cm³/mol. The lowest BCUT2D eigenvalue weighted by molar-refractivity contribution is -0.118. The minimum atomic E-state index is -0.545. The number of thiocarbonyl (C=S) groups is 1. The number of carbonyl (C=O) groups is 1. The summed E-state index contributed by atoms with van der Waals surface area (Å²) in [4.78, 5) is 12.6. The van der Waals surface area contributed by atoms with E-state index in [1.165, 1.54) is 0 Å². The zero-order valence-electron chi connectivity index (χ0n) is 12.0. The number of hydrogen-bond donors (Lipinski definition) is 3. The summed E-state index contributed by atoms with van der Waals surface area (Å²) in [7, 11) is 0. The molecule has 4 N–H and O–H groups in total. The number of nitrogens with zero attached hydrogens (tertiary/aromatic N) is 1. The molecule has 1 amide bonds. The molecule has 1 aromatic carbocycles. The zero-order valence-corrected chi connectivity index (χ0v) is 12.8. The molecule has 0 radical (unpaired) electrons. The van der Waals surface area contributed by atoms with Gasteiger partial charge in [0.25, 0.3) is 0 Å². The largest absolute Gasteiger partial charge is 0.393 e. The Morgan fingerprint density at radius 2 is 2.05 bits per heavy atom. The van der Waals surface area contributed by atoms with Gasteiger partial charge in [-0.05, 0) is 25.8 Å². The number of carbonyl (C=O) groups excluding carboxylic acids is 1. The molecule has 0 saturated carbocycles. The number of amides is 1. The molecular weight excluding hydrogens is 284 g/mol. The Kier molecular flexibility index (Phi) is 4.70. The fourth-order valence-corrected chi connectivity index (χ4v) is 2.31. The highest BCUT2D eigenvalue weighted by Gasteiger charge is 2.23. The topological polar surface area (TPSA) is 83.8 Å². The van der Waals surface area contributed by atoms with Crippen LogP contribution in [0.15, 0.2) is 30.3 Å². The van der Waals surface area contributed by atoms with Gasteiger partial charge in [-0.3, -0.25) is 9.89 Å². The number of H-pyrrole nitrogens is 1. The molecule has 1 unspecified atom stereocenters. The number of aromatic amines is 1. The van der Waals surface area contributed by atoms with Gasteiger partial charge >= 0.3 is 0 Å². The second-order valence-corrected chi connectivity index (χ2v) is 5.41. The molecule has 0 aliphatic rings. The second-order valence-electron chi connectivity index (χ2n) is 4.94. The Morgan fingerprint density at radius 1 is 1.38 bits per heavy atom. The predicted octanol–water partition coefficient (Wildman–Crippen LogP) is 2.11. The maximum Gasteiger partial charge on any atom is 0.234 e. The van der Waals surface area contributed by atoms with Crippen molar-refractivity contribution in [1.29, 1.82) is 0 Å². The van der Waals surface area contributed by atoms with Crippen LogP contribution in [0, 0.1) is 19.8 Å². The second kappa shape index (κ2) is 6.49. The fraction of sp³-hybridized carbons (Fsp3) is 0.267. The molecule has 5 nitrogen and oxygen atoms in total. The third-order valence-electron chi connectivity index (χ3n) is 3.32. The van der Waals surface area contributed by atoms with Crippen LogP contribution in [0.3, 0.4) is 0 Å². The maximum atomic E-state index is 12.4. The van der Waals surface area contributed by atoms with E-state index in [-0.39, 0.29) is 10.9 Å². The van der Waals surface area contributed by atoms with Gasteiger partial charge < -0.3 is 11.1 Å². The highest BCUT2D eigenvalue weighted by atomic mass is 32.1. The summed E-state index contributed by atoms with van der Waals surface area (Å²) in [6.45, 7) is 3.68. The zero-order chi connectivity index (χ0) is 15.4. The molecule has 1 heterocycles. The van der Waals surface area contributed by atoms with Crippen molar-refractivity contribution in [3.63, 3.8) is 0 Å². The summed E-state index contributed by atoms with van der Waals surface area (Å²) in [5, 5.41) is 9.74. The smallest absolute Gasteiger partial charge is 0.234 e. The first kappa shape index (κ1) is 15.2. The molecule has 6 heteroatoms. The monoisotopic (exact) mass is 302 g/mol. The average Bonchev–Trinajstić information content (AvgIpc) is 2.77. The summed E-state index contributed by atoms with van der Waals surface area (Å²) >= 11 is 5.05. The van der Waals surface area contributed by atoms with Crippen molar-refractivity contribution < 1.29 is 4.79 Å². The summed E-state index contributed by atoms with van der Waals surface area (Å²) in [5.41, 5.74) is 8.99. The summed E-state index contributed by atoms with van der Waals surface area (Å²) in [6, 6.07) is 9.68. The van der Waals surface area contributed by atoms with Gasteiger partial charge in [0.1, 0.15) is 0 Å². The van der Waals surface area contributed by atoms with E-state index in [4.69, 9.17) is 18.0 Å². The molecule has 0 aliphatic heterocycles. The summed E-state index contributed by atoms with van der Waals surface area (Å²) in [6.07, 6.45) is 0.484. The molecule has 1 atom stereocenters. The van der Waals surface area contributed by atoms with Gasteiger partial charge in [-0.2, -0.15) is 5.10 Å². The molecule has 0 saturated heterocycles. The SMILES string of the molecule is Cc1n[nH]c(C)c1NC(=O)C(Cc1ccccc1)C(N)=S. The van der Waals surface area contributed by atoms with E-state index < -0.39 is 5.92 Å². The van der Waals surface area contributed by atoms with E-state index in [1.54, 1.807) is 0 Å². The molecular formula is C15H18N4OS. The lowest BCUT2D eigenvalue weighted by Crippen LogP contribution is -2.35. The number of aryl methyl sites for hydroxylation is 2. The molecule has 0 spiro atoms. The number of hydrogen-bond acceptors (Lipinski definition) is 3. The summed E-state index contributed by atoms with van der Waals surface area (Å²) < 4.78 is 0. The number of rotatable bonds is 5. The molecule has 0 aliphatic carbocycles. The van der Waals surface area contributed by atoms with Crippen LogP contribution in [-0.2, 0) is 11.2 Å². The number of nitrogens with two attached hydrogens (primary N) is 1. The van der Waals surface area contributed by atoms with Crippen LogP contribution in [0.1, 0.15) is 17.0 Å². The Morgan fingerprint density at radius 3 is 2.57 bits per heavy atom. The number of aromatic nitrogens is 2. The normalized spacial score (nSPS) is 11.9. The van der Waals surface area contributed by atoms with Crippen LogP contribution in [0.25, 0.3) is 0 Å². The van der Waals surface area contributed by atoms with Crippen molar-refractivity contribution in [2.45, 2.75) is 20.3 Å². The van der Waals surface area contributed by atoms with Gasteiger partial charge in [0.15, 0.2) is 0 Å². The maximum absolute atomic E-state index is 12.4. The Labute approximate surface area is 128 Å². The van der Waals surface area contributed by atoms with Gasteiger partial charge in [-0.25, -0.2) is 0 Å². The Hall–Kier alpha value is -2.21. The molecule has 0 bridgehead atoms. The highest BCUT2D eigenvalue weighted by molar-refractivity contribution is 7.80. The first-order valence-corrected chi connectivity index (χ1v) is 7.05. The summed E-state index contributed by atoms with van der Waals surface area (Å²) in [5.74, 6) is -0.755.